The minimum Gasteiger partial charge on any atom is -1.00 e. The molecule has 0 aromatic heterocycles. The smallest absolute Gasteiger partial charge is 1.00 e. The van der Waals surface area contributed by atoms with Crippen molar-refractivity contribution < 1.29 is 59.6 Å². The van der Waals surface area contributed by atoms with Gasteiger partial charge in [0.2, 0.25) is 0 Å². The second kappa shape index (κ2) is 12.8. The van der Waals surface area contributed by atoms with E-state index >= 15 is 0 Å². The van der Waals surface area contributed by atoms with Gasteiger partial charge >= 0.3 is 22.4 Å². The van der Waals surface area contributed by atoms with Crippen LogP contribution in [0.4, 0.5) is 0 Å². The number of halogens is 3. The third kappa shape index (κ3) is 6.38. The van der Waals surface area contributed by atoms with Gasteiger partial charge in [0.05, 0.1) is 0 Å². The van der Waals surface area contributed by atoms with Gasteiger partial charge in [0.25, 0.3) is 0 Å². The van der Waals surface area contributed by atoms with Crippen molar-refractivity contribution in [3.63, 3.8) is 0 Å². The van der Waals surface area contributed by atoms with Crippen LogP contribution in [0.5, 0.6) is 0 Å². The molecule has 0 unspecified atom stereocenters. The summed E-state index contributed by atoms with van der Waals surface area (Å²) in [6.07, 6.45) is 0. The summed E-state index contributed by atoms with van der Waals surface area (Å²) in [5, 5.41) is 0. The first kappa shape index (κ1) is 32.3. The second-order valence-electron chi connectivity index (χ2n) is 6.68. The number of allylic oxidation sites excluding steroid dienone is 8. The predicted octanol–water partition coefficient (Wildman–Crippen LogP) is -2.37. The maximum absolute atomic E-state index is 2.28. The van der Waals surface area contributed by atoms with Crippen molar-refractivity contribution in [1.29, 1.82) is 0 Å². The van der Waals surface area contributed by atoms with Gasteiger partial charge in [-0.1, -0.05) is 36.1 Å². The molecule has 2 aliphatic carbocycles. The van der Waals surface area contributed by atoms with Crippen LogP contribution in [0.1, 0.15) is 69.2 Å². The summed E-state index contributed by atoms with van der Waals surface area (Å²) in [5.74, 6) is 1.39. The van der Waals surface area contributed by atoms with Crippen LogP contribution in [-0.2, 0) is 22.4 Å². The maximum atomic E-state index is 2.28. The molecule has 0 bridgehead atoms. The standard InChI is InChI=1S/2C10H16.3ClH.Ta/c2*1-6-7(2)9(4)10(5)8(6)3;;;;/h2*6H,1-5H3;3*1H;/q;;;;;+3/p-3. The van der Waals surface area contributed by atoms with Gasteiger partial charge in [-0.05, 0) is 89.5 Å². The van der Waals surface area contributed by atoms with Crippen molar-refractivity contribution in [1.82, 2.24) is 0 Å². The molecule has 2 aliphatic rings. The fourth-order valence-corrected chi connectivity index (χ4v) is 3.13. The summed E-state index contributed by atoms with van der Waals surface area (Å²) >= 11 is 0. The van der Waals surface area contributed by atoms with E-state index in [1.807, 2.05) is 0 Å². The van der Waals surface area contributed by atoms with E-state index in [1.54, 1.807) is 22.3 Å². The summed E-state index contributed by atoms with van der Waals surface area (Å²) in [7, 11) is 0. The fraction of sp³-hybridized carbons (Fsp3) is 0.600. The number of hydrogen-bond acceptors (Lipinski definition) is 0. The first-order valence-corrected chi connectivity index (χ1v) is 7.81. The van der Waals surface area contributed by atoms with Crippen molar-refractivity contribution in [3.8, 4) is 0 Å². The first-order valence-electron chi connectivity index (χ1n) is 7.81. The van der Waals surface area contributed by atoms with Gasteiger partial charge in [0.15, 0.2) is 0 Å². The Bertz CT molecular complexity index is 453. The van der Waals surface area contributed by atoms with E-state index in [9.17, 15) is 0 Å². The van der Waals surface area contributed by atoms with E-state index in [-0.39, 0.29) is 59.6 Å². The SMILES string of the molecule is CC1=C(C)C(C)C(C)=C1C.CC1=C(C)C(C)C(C)=C1C.[Cl-].[Cl-].[Cl-].[Ta+3]. The van der Waals surface area contributed by atoms with Crippen LogP contribution in [0.25, 0.3) is 0 Å². The molecule has 138 valence electrons. The molecule has 0 saturated heterocycles. The van der Waals surface area contributed by atoms with Crippen LogP contribution in [0.15, 0.2) is 44.6 Å². The predicted molar refractivity (Wildman–Crippen MR) is 91.8 cm³/mol. The van der Waals surface area contributed by atoms with Crippen molar-refractivity contribution in [3.05, 3.63) is 44.6 Å². The second-order valence-corrected chi connectivity index (χ2v) is 6.68. The first-order chi connectivity index (χ1) is 9.11. The molecular weight excluding hydrogens is 528 g/mol. The van der Waals surface area contributed by atoms with Crippen LogP contribution in [0, 0.1) is 11.8 Å². The molecule has 24 heavy (non-hydrogen) atoms. The molecule has 0 N–H and O–H groups in total. The van der Waals surface area contributed by atoms with Crippen LogP contribution < -0.4 is 37.2 Å². The Kier molecular flexibility index (Phi) is 17.3. The minimum absolute atomic E-state index is 0. The zero-order valence-corrected chi connectivity index (χ0v) is 22.2. The van der Waals surface area contributed by atoms with Gasteiger partial charge in [0.1, 0.15) is 0 Å². The largest absolute Gasteiger partial charge is 3.00 e. The Labute approximate surface area is 184 Å². The monoisotopic (exact) mass is 558 g/mol. The van der Waals surface area contributed by atoms with Crippen molar-refractivity contribution in [2.75, 3.05) is 0 Å². The summed E-state index contributed by atoms with van der Waals surface area (Å²) < 4.78 is 0. The van der Waals surface area contributed by atoms with E-state index in [0.29, 0.717) is 11.8 Å². The van der Waals surface area contributed by atoms with Crippen molar-refractivity contribution >= 4 is 0 Å². The van der Waals surface area contributed by atoms with E-state index in [4.69, 9.17) is 0 Å². The Balaban J connectivity index is -0.000000143. The number of hydrogen-bond donors (Lipinski definition) is 0. The van der Waals surface area contributed by atoms with Crippen LogP contribution in [0.3, 0.4) is 0 Å². The van der Waals surface area contributed by atoms with Gasteiger partial charge in [-0.3, -0.25) is 0 Å². The third-order valence-electron chi connectivity index (χ3n) is 6.09. The summed E-state index contributed by atoms with van der Waals surface area (Å²) in [5.41, 5.74) is 12.2. The molecule has 4 heteroatoms. The molecule has 0 aromatic carbocycles. The molecular formula is C20H32Cl3Ta. The molecule has 0 saturated carbocycles. The van der Waals surface area contributed by atoms with Crippen LogP contribution >= 0.6 is 0 Å². The molecule has 0 heterocycles. The Morgan fingerprint density at radius 2 is 0.542 bits per heavy atom. The van der Waals surface area contributed by atoms with Crippen molar-refractivity contribution in [2.24, 2.45) is 11.8 Å². The van der Waals surface area contributed by atoms with Gasteiger partial charge in [-0.25, -0.2) is 0 Å². The minimum atomic E-state index is 0. The molecule has 0 fully saturated rings. The van der Waals surface area contributed by atoms with Gasteiger partial charge < -0.3 is 37.2 Å². The molecule has 0 atom stereocenters. The molecule has 0 aromatic rings. The summed E-state index contributed by atoms with van der Waals surface area (Å²) in [6, 6.07) is 0. The maximum Gasteiger partial charge on any atom is 3.00 e. The molecule has 0 radical (unpaired) electrons. The van der Waals surface area contributed by atoms with Crippen LogP contribution in [-0.4, -0.2) is 0 Å². The van der Waals surface area contributed by atoms with E-state index in [0.717, 1.165) is 0 Å². The van der Waals surface area contributed by atoms with Gasteiger partial charge in [0, 0.05) is 0 Å². The average molecular weight is 560 g/mol. The molecule has 0 nitrogen and oxygen atoms in total. The Morgan fingerprint density at radius 1 is 0.417 bits per heavy atom. The Morgan fingerprint density at radius 3 is 0.583 bits per heavy atom. The third-order valence-corrected chi connectivity index (χ3v) is 6.09. The molecule has 0 spiro atoms. The topological polar surface area (TPSA) is 0 Å². The summed E-state index contributed by atoms with van der Waals surface area (Å²) in [4.78, 5) is 0. The van der Waals surface area contributed by atoms with E-state index in [1.165, 1.54) is 22.3 Å². The van der Waals surface area contributed by atoms with E-state index < -0.39 is 0 Å². The van der Waals surface area contributed by atoms with Gasteiger partial charge in [-0.15, -0.1) is 0 Å². The molecule has 0 amide bonds. The zero-order chi connectivity index (χ0) is 15.8. The number of rotatable bonds is 0. The van der Waals surface area contributed by atoms with Gasteiger partial charge in [-0.2, -0.15) is 0 Å². The normalized spacial score (nSPS) is 17.8. The van der Waals surface area contributed by atoms with E-state index in [2.05, 4.69) is 69.2 Å². The Hall–Kier alpha value is 0.570. The average Bonchev–Trinajstić information content (AvgIpc) is 2.71. The van der Waals surface area contributed by atoms with Crippen molar-refractivity contribution in [2.45, 2.75) is 69.2 Å². The zero-order valence-electron chi connectivity index (χ0n) is 16.7. The molecule has 2 rings (SSSR count). The quantitative estimate of drug-likeness (QED) is 0.311. The fourth-order valence-electron chi connectivity index (χ4n) is 3.13. The molecule has 0 aliphatic heterocycles. The van der Waals surface area contributed by atoms with Crippen LogP contribution in [0.2, 0.25) is 0 Å². The summed E-state index contributed by atoms with van der Waals surface area (Å²) in [6.45, 7) is 22.4.